The zero-order chi connectivity index (χ0) is 20.3. The van der Waals surface area contributed by atoms with E-state index < -0.39 is 11.7 Å². The Labute approximate surface area is 165 Å². The number of halogens is 4. The number of rotatable bonds is 6. The third-order valence-electron chi connectivity index (χ3n) is 4.56. The monoisotopic (exact) mass is 415 g/mol. The van der Waals surface area contributed by atoms with Gasteiger partial charge in [0.05, 0.1) is 16.8 Å². The molecule has 2 aromatic rings. The van der Waals surface area contributed by atoms with Gasteiger partial charge in [-0.15, -0.1) is 0 Å². The fourth-order valence-electron chi connectivity index (χ4n) is 3.10. The summed E-state index contributed by atoms with van der Waals surface area (Å²) >= 11 is 5.70. The summed E-state index contributed by atoms with van der Waals surface area (Å²) in [4.78, 5) is 10.7. The Hall–Kier alpha value is -2.10. The van der Waals surface area contributed by atoms with E-state index in [1.807, 2.05) is 4.90 Å². The molecule has 0 unspecified atom stereocenters. The third kappa shape index (κ3) is 4.48. The Morgan fingerprint density at radius 1 is 1.29 bits per heavy atom. The van der Waals surface area contributed by atoms with Crippen molar-refractivity contribution in [2.45, 2.75) is 12.6 Å². The fourth-order valence-corrected chi connectivity index (χ4v) is 3.32. The van der Waals surface area contributed by atoms with Gasteiger partial charge >= 0.3 is 6.18 Å². The van der Waals surface area contributed by atoms with Crippen LogP contribution in [-0.4, -0.2) is 42.8 Å². The molecule has 0 bridgehead atoms. The molecule has 10 heteroatoms. The second-order valence-corrected chi connectivity index (χ2v) is 6.95. The summed E-state index contributed by atoms with van der Waals surface area (Å²) in [7, 11) is 0. The Kier molecular flexibility index (Phi) is 6.26. The Morgan fingerprint density at radius 2 is 2.07 bits per heavy atom. The van der Waals surface area contributed by atoms with Crippen molar-refractivity contribution in [1.29, 1.82) is 0 Å². The van der Waals surface area contributed by atoms with Crippen LogP contribution in [0.15, 0.2) is 24.4 Å². The van der Waals surface area contributed by atoms with Crippen LogP contribution in [0.2, 0.25) is 5.02 Å². The van der Waals surface area contributed by atoms with Gasteiger partial charge in [-0.2, -0.15) is 13.2 Å². The molecular formula is C18H21ClF3N5O. The standard InChI is InChI=1S/C18H21ClF3N5O/c19-14-2-1-12(7-13(14)18(20,21)22)16-25-9-15(28-6-4-23)17(26-16)27-5-3-11(8-24)10-27/h1-2,7,9,11H,3-6,8,10,23-24H2/t11-/m0/s1. The van der Waals surface area contributed by atoms with E-state index >= 15 is 0 Å². The topological polar surface area (TPSA) is 90.3 Å². The SMILES string of the molecule is NCCOc1cnc(-c2ccc(Cl)c(C(F)(F)F)c2)nc1N1CC[C@@H](CN)C1. The lowest BCUT2D eigenvalue weighted by atomic mass is 10.1. The number of hydrogen-bond donors (Lipinski definition) is 2. The van der Waals surface area contributed by atoms with E-state index in [0.29, 0.717) is 37.1 Å². The van der Waals surface area contributed by atoms with Crippen molar-refractivity contribution in [1.82, 2.24) is 9.97 Å². The Bertz CT molecular complexity index is 833. The molecule has 152 valence electrons. The zero-order valence-corrected chi connectivity index (χ0v) is 15.8. The predicted molar refractivity (Wildman–Crippen MR) is 101 cm³/mol. The lowest BCUT2D eigenvalue weighted by Crippen LogP contribution is -2.25. The quantitative estimate of drug-likeness (QED) is 0.754. The number of aromatic nitrogens is 2. The van der Waals surface area contributed by atoms with Crippen LogP contribution in [0, 0.1) is 5.92 Å². The smallest absolute Gasteiger partial charge is 0.417 e. The van der Waals surface area contributed by atoms with Gasteiger partial charge in [0.2, 0.25) is 0 Å². The molecule has 4 N–H and O–H groups in total. The second-order valence-electron chi connectivity index (χ2n) is 6.55. The summed E-state index contributed by atoms with van der Waals surface area (Å²) < 4.78 is 45.2. The molecule has 1 saturated heterocycles. The van der Waals surface area contributed by atoms with Crippen molar-refractivity contribution in [3.63, 3.8) is 0 Å². The normalized spacial score (nSPS) is 17.2. The van der Waals surface area contributed by atoms with Crippen LogP contribution in [0.4, 0.5) is 19.0 Å². The summed E-state index contributed by atoms with van der Waals surface area (Å²) in [6.07, 6.45) is -2.19. The van der Waals surface area contributed by atoms with Gasteiger partial charge in [0.15, 0.2) is 17.4 Å². The second kappa shape index (κ2) is 8.50. The first kappa shape index (κ1) is 20.6. The van der Waals surface area contributed by atoms with Crippen LogP contribution in [0.25, 0.3) is 11.4 Å². The van der Waals surface area contributed by atoms with Crippen molar-refractivity contribution < 1.29 is 17.9 Å². The first-order valence-electron chi connectivity index (χ1n) is 8.85. The predicted octanol–water partition coefficient (Wildman–Crippen LogP) is 2.94. The maximum Gasteiger partial charge on any atom is 0.417 e. The van der Waals surface area contributed by atoms with Crippen molar-refractivity contribution in [2.75, 3.05) is 37.7 Å². The highest BCUT2D eigenvalue weighted by Crippen LogP contribution is 2.38. The van der Waals surface area contributed by atoms with E-state index in [-0.39, 0.29) is 23.0 Å². The lowest BCUT2D eigenvalue weighted by Gasteiger charge is -2.21. The largest absolute Gasteiger partial charge is 0.487 e. The summed E-state index contributed by atoms with van der Waals surface area (Å²) in [6, 6.07) is 3.61. The number of ether oxygens (including phenoxy) is 1. The van der Waals surface area contributed by atoms with Gasteiger partial charge in [-0.25, -0.2) is 9.97 Å². The van der Waals surface area contributed by atoms with Gasteiger partial charge < -0.3 is 21.1 Å². The molecule has 0 amide bonds. The van der Waals surface area contributed by atoms with E-state index in [1.165, 1.54) is 18.3 Å². The first-order chi connectivity index (χ1) is 13.3. The van der Waals surface area contributed by atoms with Gasteiger partial charge in [0, 0.05) is 25.2 Å². The third-order valence-corrected chi connectivity index (χ3v) is 4.89. The van der Waals surface area contributed by atoms with Crippen LogP contribution in [-0.2, 0) is 6.18 Å². The molecule has 0 saturated carbocycles. The van der Waals surface area contributed by atoms with Crippen LogP contribution >= 0.6 is 11.6 Å². The van der Waals surface area contributed by atoms with E-state index in [1.54, 1.807) is 0 Å². The number of benzene rings is 1. The maximum atomic E-state index is 13.2. The fraction of sp³-hybridized carbons (Fsp3) is 0.444. The molecule has 1 aromatic carbocycles. The molecule has 1 aliphatic heterocycles. The summed E-state index contributed by atoms with van der Waals surface area (Å²) in [6.45, 7) is 2.58. The molecule has 1 atom stereocenters. The van der Waals surface area contributed by atoms with E-state index in [4.69, 9.17) is 27.8 Å². The zero-order valence-electron chi connectivity index (χ0n) is 15.0. The van der Waals surface area contributed by atoms with Crippen molar-refractivity contribution in [2.24, 2.45) is 17.4 Å². The number of alkyl halides is 3. The van der Waals surface area contributed by atoms with Gasteiger partial charge in [-0.1, -0.05) is 11.6 Å². The Morgan fingerprint density at radius 3 is 2.71 bits per heavy atom. The van der Waals surface area contributed by atoms with Crippen LogP contribution in [0.3, 0.4) is 0 Å². The average molecular weight is 416 g/mol. The van der Waals surface area contributed by atoms with Crippen molar-refractivity contribution in [3.05, 3.63) is 35.0 Å². The molecule has 1 aromatic heterocycles. The molecule has 2 heterocycles. The Balaban J connectivity index is 2.00. The highest BCUT2D eigenvalue weighted by atomic mass is 35.5. The molecule has 0 aliphatic carbocycles. The number of nitrogens with zero attached hydrogens (tertiary/aromatic N) is 3. The molecule has 0 spiro atoms. The molecule has 0 radical (unpaired) electrons. The lowest BCUT2D eigenvalue weighted by molar-refractivity contribution is -0.137. The average Bonchev–Trinajstić information content (AvgIpc) is 3.15. The first-order valence-corrected chi connectivity index (χ1v) is 9.23. The molecular weight excluding hydrogens is 395 g/mol. The van der Waals surface area contributed by atoms with Gasteiger partial charge in [0.1, 0.15) is 6.61 Å². The summed E-state index contributed by atoms with van der Waals surface area (Å²) in [5.41, 5.74) is 10.6. The minimum Gasteiger partial charge on any atom is -0.487 e. The molecule has 1 aliphatic rings. The van der Waals surface area contributed by atoms with Crippen molar-refractivity contribution in [3.8, 4) is 17.1 Å². The van der Waals surface area contributed by atoms with Gasteiger partial charge in [-0.05, 0) is 37.1 Å². The highest BCUT2D eigenvalue weighted by molar-refractivity contribution is 6.31. The number of nitrogens with two attached hydrogens (primary N) is 2. The van der Waals surface area contributed by atoms with Crippen LogP contribution < -0.4 is 21.1 Å². The number of hydrogen-bond acceptors (Lipinski definition) is 6. The minimum atomic E-state index is -4.57. The number of anilines is 1. The highest BCUT2D eigenvalue weighted by Gasteiger charge is 2.34. The summed E-state index contributed by atoms with van der Waals surface area (Å²) in [5.74, 6) is 1.45. The van der Waals surface area contributed by atoms with Crippen LogP contribution in [0.1, 0.15) is 12.0 Å². The van der Waals surface area contributed by atoms with E-state index in [2.05, 4.69) is 9.97 Å². The van der Waals surface area contributed by atoms with Crippen LogP contribution in [0.5, 0.6) is 5.75 Å². The summed E-state index contributed by atoms with van der Waals surface area (Å²) in [5, 5.41) is -0.371. The maximum absolute atomic E-state index is 13.2. The minimum absolute atomic E-state index is 0.161. The molecule has 6 nitrogen and oxygen atoms in total. The molecule has 28 heavy (non-hydrogen) atoms. The van der Waals surface area contributed by atoms with Crippen molar-refractivity contribution >= 4 is 17.4 Å². The van der Waals surface area contributed by atoms with Gasteiger partial charge in [-0.3, -0.25) is 0 Å². The van der Waals surface area contributed by atoms with Gasteiger partial charge in [0.25, 0.3) is 0 Å². The van der Waals surface area contributed by atoms with E-state index in [9.17, 15) is 13.2 Å². The molecule has 3 rings (SSSR count). The van der Waals surface area contributed by atoms with E-state index in [0.717, 1.165) is 19.0 Å². The molecule has 1 fully saturated rings.